The number of carboxylic acids is 1. The van der Waals surface area contributed by atoms with Crippen LogP contribution in [0.3, 0.4) is 0 Å². The fourth-order valence-electron chi connectivity index (χ4n) is 2.75. The molecule has 2 rings (SSSR count). The molecule has 0 bridgehead atoms. The molecule has 0 radical (unpaired) electrons. The molecule has 1 amide bonds. The van der Waals surface area contributed by atoms with Crippen molar-refractivity contribution in [3.05, 3.63) is 0 Å². The number of carbonyl (C=O) groups is 2. The van der Waals surface area contributed by atoms with Crippen molar-refractivity contribution >= 4 is 12.1 Å². The van der Waals surface area contributed by atoms with Gasteiger partial charge in [0.05, 0.1) is 5.41 Å². The van der Waals surface area contributed by atoms with Gasteiger partial charge in [0, 0.05) is 6.04 Å². The van der Waals surface area contributed by atoms with Crippen LogP contribution in [-0.2, 0) is 9.53 Å². The SMILES string of the molecule is CC(C)(C)OC(=O)NC1CCC2(C(=O)O)CC12. The molecule has 2 N–H and O–H groups in total. The molecule has 0 aromatic heterocycles. The van der Waals surface area contributed by atoms with Crippen molar-refractivity contribution < 1.29 is 19.4 Å². The Balaban J connectivity index is 1.87. The Kier molecular flexibility index (Phi) is 2.60. The van der Waals surface area contributed by atoms with Gasteiger partial charge in [-0.1, -0.05) is 0 Å². The highest BCUT2D eigenvalue weighted by Gasteiger charge is 2.67. The van der Waals surface area contributed by atoms with E-state index in [1.165, 1.54) is 0 Å². The van der Waals surface area contributed by atoms with Gasteiger partial charge in [-0.05, 0) is 46.0 Å². The lowest BCUT2D eigenvalue weighted by Crippen LogP contribution is -2.39. The number of nitrogens with one attached hydrogen (secondary N) is 1. The molecule has 2 saturated carbocycles. The van der Waals surface area contributed by atoms with Crippen molar-refractivity contribution in [3.63, 3.8) is 0 Å². The molecular weight excluding hydrogens is 222 g/mol. The summed E-state index contributed by atoms with van der Waals surface area (Å²) in [4.78, 5) is 22.7. The normalized spacial score (nSPS) is 35.0. The second-order valence-electron chi connectivity index (χ2n) is 6.06. The number of amides is 1. The Morgan fingerprint density at radius 3 is 2.47 bits per heavy atom. The standard InChI is InChI=1S/C12H19NO4/c1-11(2,3)17-10(16)13-8-4-5-12(9(14)15)6-7(8)12/h7-8H,4-6H2,1-3H3,(H,13,16)(H,14,15). The Morgan fingerprint density at radius 2 is 2.06 bits per heavy atom. The maximum absolute atomic E-state index is 11.6. The summed E-state index contributed by atoms with van der Waals surface area (Å²) in [6.07, 6.45) is 1.63. The first-order valence-corrected chi connectivity index (χ1v) is 5.97. The molecule has 2 fully saturated rings. The number of hydrogen-bond donors (Lipinski definition) is 2. The van der Waals surface area contributed by atoms with Crippen LogP contribution in [0.5, 0.6) is 0 Å². The third-order valence-electron chi connectivity index (χ3n) is 3.65. The minimum atomic E-state index is -0.726. The van der Waals surface area contributed by atoms with Gasteiger partial charge in [0.15, 0.2) is 0 Å². The number of carbonyl (C=O) groups excluding carboxylic acids is 1. The predicted molar refractivity (Wildman–Crippen MR) is 60.6 cm³/mol. The summed E-state index contributed by atoms with van der Waals surface area (Å²) in [5.74, 6) is -0.636. The summed E-state index contributed by atoms with van der Waals surface area (Å²) >= 11 is 0. The van der Waals surface area contributed by atoms with Crippen molar-refractivity contribution in [3.8, 4) is 0 Å². The average Bonchev–Trinajstić information content (AvgIpc) is 2.77. The van der Waals surface area contributed by atoms with Crippen LogP contribution in [0.15, 0.2) is 0 Å². The van der Waals surface area contributed by atoms with Crippen LogP contribution in [0.2, 0.25) is 0 Å². The first-order chi connectivity index (χ1) is 7.74. The van der Waals surface area contributed by atoms with Gasteiger partial charge in [0.1, 0.15) is 5.60 Å². The fourth-order valence-corrected chi connectivity index (χ4v) is 2.75. The lowest BCUT2D eigenvalue weighted by Gasteiger charge is -2.22. The minimum Gasteiger partial charge on any atom is -0.481 e. The number of alkyl carbamates (subject to hydrolysis) is 1. The molecule has 0 saturated heterocycles. The van der Waals surface area contributed by atoms with Crippen LogP contribution in [0.4, 0.5) is 4.79 Å². The number of rotatable bonds is 2. The quantitative estimate of drug-likeness (QED) is 0.772. The van der Waals surface area contributed by atoms with E-state index in [-0.39, 0.29) is 12.0 Å². The van der Waals surface area contributed by atoms with Crippen molar-refractivity contribution in [2.75, 3.05) is 0 Å². The van der Waals surface area contributed by atoms with E-state index in [0.717, 1.165) is 6.42 Å². The van der Waals surface area contributed by atoms with E-state index < -0.39 is 23.1 Å². The monoisotopic (exact) mass is 241 g/mol. The molecule has 3 atom stereocenters. The Hall–Kier alpha value is -1.26. The van der Waals surface area contributed by atoms with Gasteiger partial charge in [0.2, 0.25) is 0 Å². The molecule has 96 valence electrons. The third kappa shape index (κ3) is 2.23. The largest absolute Gasteiger partial charge is 0.481 e. The van der Waals surface area contributed by atoms with Gasteiger partial charge in [0.25, 0.3) is 0 Å². The molecule has 2 aliphatic rings. The van der Waals surface area contributed by atoms with Gasteiger partial charge < -0.3 is 15.2 Å². The molecule has 0 aromatic carbocycles. The van der Waals surface area contributed by atoms with Crippen molar-refractivity contribution in [2.24, 2.45) is 11.3 Å². The Morgan fingerprint density at radius 1 is 1.41 bits per heavy atom. The second-order valence-corrected chi connectivity index (χ2v) is 6.06. The van der Waals surface area contributed by atoms with Gasteiger partial charge >= 0.3 is 12.1 Å². The zero-order valence-corrected chi connectivity index (χ0v) is 10.4. The molecule has 0 spiro atoms. The molecule has 5 heteroatoms. The summed E-state index contributed by atoms with van der Waals surface area (Å²) in [7, 11) is 0. The summed E-state index contributed by atoms with van der Waals surface area (Å²) in [5, 5.41) is 11.9. The van der Waals surface area contributed by atoms with E-state index in [1.807, 2.05) is 0 Å². The van der Waals surface area contributed by atoms with Crippen LogP contribution >= 0.6 is 0 Å². The number of carboxylic acid groups (broad SMARTS) is 1. The molecular formula is C12H19NO4. The van der Waals surface area contributed by atoms with Crippen molar-refractivity contribution in [1.82, 2.24) is 5.32 Å². The molecule has 0 heterocycles. The molecule has 17 heavy (non-hydrogen) atoms. The maximum atomic E-state index is 11.6. The fraction of sp³-hybridized carbons (Fsp3) is 0.833. The van der Waals surface area contributed by atoms with Gasteiger partial charge in [-0.15, -0.1) is 0 Å². The number of aliphatic carboxylic acids is 1. The van der Waals surface area contributed by atoms with E-state index in [4.69, 9.17) is 9.84 Å². The second kappa shape index (κ2) is 3.62. The third-order valence-corrected chi connectivity index (χ3v) is 3.65. The van der Waals surface area contributed by atoms with E-state index in [1.54, 1.807) is 20.8 Å². The summed E-state index contributed by atoms with van der Waals surface area (Å²) < 4.78 is 5.16. The molecule has 0 aromatic rings. The average molecular weight is 241 g/mol. The van der Waals surface area contributed by atoms with E-state index in [9.17, 15) is 9.59 Å². The first kappa shape index (κ1) is 12.2. The summed E-state index contributed by atoms with van der Waals surface area (Å²) in [6, 6.07) is -0.0408. The van der Waals surface area contributed by atoms with Crippen molar-refractivity contribution in [2.45, 2.75) is 51.7 Å². The lowest BCUT2D eigenvalue weighted by molar-refractivity contribution is -0.143. The predicted octanol–water partition coefficient (Wildman–Crippen LogP) is 1.76. The number of fused-ring (bicyclic) bond motifs is 1. The summed E-state index contributed by atoms with van der Waals surface area (Å²) in [5.41, 5.74) is -1.07. The van der Waals surface area contributed by atoms with Crippen LogP contribution in [-0.4, -0.2) is 28.8 Å². The topological polar surface area (TPSA) is 75.6 Å². The van der Waals surface area contributed by atoms with Gasteiger partial charge in [-0.25, -0.2) is 4.79 Å². The van der Waals surface area contributed by atoms with Gasteiger partial charge in [-0.3, -0.25) is 4.79 Å². The molecule has 5 nitrogen and oxygen atoms in total. The Labute approximate surface area is 101 Å². The van der Waals surface area contributed by atoms with Gasteiger partial charge in [-0.2, -0.15) is 0 Å². The number of ether oxygens (including phenoxy) is 1. The highest BCUT2D eigenvalue weighted by Crippen LogP contribution is 2.63. The van der Waals surface area contributed by atoms with Crippen LogP contribution in [0.1, 0.15) is 40.0 Å². The van der Waals surface area contributed by atoms with Crippen LogP contribution in [0.25, 0.3) is 0 Å². The lowest BCUT2D eigenvalue weighted by atomic mass is 10.1. The highest BCUT2D eigenvalue weighted by atomic mass is 16.6. The smallest absolute Gasteiger partial charge is 0.407 e. The minimum absolute atomic E-state index is 0.0408. The Bertz CT molecular complexity index is 360. The number of hydrogen-bond acceptors (Lipinski definition) is 3. The molecule has 2 aliphatic carbocycles. The maximum Gasteiger partial charge on any atom is 0.407 e. The molecule has 3 unspecified atom stereocenters. The van der Waals surface area contributed by atoms with Crippen molar-refractivity contribution in [1.29, 1.82) is 0 Å². The zero-order chi connectivity index (χ0) is 12.8. The molecule has 0 aliphatic heterocycles. The van der Waals surface area contributed by atoms with E-state index in [0.29, 0.717) is 12.8 Å². The van der Waals surface area contributed by atoms with E-state index in [2.05, 4.69) is 5.32 Å². The highest BCUT2D eigenvalue weighted by molar-refractivity contribution is 5.80. The summed E-state index contributed by atoms with van der Waals surface area (Å²) in [6.45, 7) is 5.42. The zero-order valence-electron chi connectivity index (χ0n) is 10.4. The van der Waals surface area contributed by atoms with Crippen LogP contribution in [0, 0.1) is 11.3 Å². The van der Waals surface area contributed by atoms with E-state index >= 15 is 0 Å². The first-order valence-electron chi connectivity index (χ1n) is 5.97. The van der Waals surface area contributed by atoms with Crippen LogP contribution < -0.4 is 5.32 Å².